The van der Waals surface area contributed by atoms with E-state index in [-0.39, 0.29) is 5.82 Å². The molecule has 0 amide bonds. The highest BCUT2D eigenvalue weighted by atomic mass is 19.1. The molecule has 1 aromatic rings. The molecule has 1 aromatic carbocycles. The first kappa shape index (κ1) is 11.2. The molecule has 0 radical (unpaired) electrons. The van der Waals surface area contributed by atoms with Crippen molar-refractivity contribution in [3.63, 3.8) is 0 Å². The monoisotopic (exact) mass is 217 g/mol. The number of hydrogen-bond acceptors (Lipinski definition) is 1. The summed E-state index contributed by atoms with van der Waals surface area (Å²) in [6, 6.07) is 6.34. The summed E-state index contributed by atoms with van der Waals surface area (Å²) in [5.74, 6) is 6.00. The first-order valence-corrected chi connectivity index (χ1v) is 5.81. The van der Waals surface area contributed by atoms with Gasteiger partial charge in [-0.15, -0.1) is 0 Å². The van der Waals surface area contributed by atoms with E-state index in [0.29, 0.717) is 0 Å². The standard InChI is InChI=1S/C14H16FN/c15-14-8-6-13(7-9-14)5-4-12-16-10-2-1-3-11-16/h6-9H,1-3,10-12H2. The van der Waals surface area contributed by atoms with Gasteiger partial charge in [0.05, 0.1) is 6.54 Å². The molecule has 0 spiro atoms. The molecule has 0 aromatic heterocycles. The Kier molecular flexibility index (Phi) is 3.96. The lowest BCUT2D eigenvalue weighted by Crippen LogP contribution is -2.29. The van der Waals surface area contributed by atoms with Gasteiger partial charge in [0.25, 0.3) is 0 Å². The number of nitrogens with zero attached hydrogens (tertiary/aromatic N) is 1. The summed E-state index contributed by atoms with van der Waals surface area (Å²) >= 11 is 0. The maximum absolute atomic E-state index is 12.6. The Morgan fingerprint density at radius 3 is 2.44 bits per heavy atom. The van der Waals surface area contributed by atoms with Gasteiger partial charge in [-0.3, -0.25) is 4.90 Å². The largest absolute Gasteiger partial charge is 0.292 e. The van der Waals surface area contributed by atoms with E-state index in [4.69, 9.17) is 0 Å². The number of rotatable bonds is 1. The average Bonchev–Trinajstić information content (AvgIpc) is 2.33. The second-order valence-electron chi connectivity index (χ2n) is 4.15. The third-order valence-corrected chi connectivity index (χ3v) is 2.83. The number of benzene rings is 1. The third-order valence-electron chi connectivity index (χ3n) is 2.83. The minimum atomic E-state index is -0.207. The van der Waals surface area contributed by atoms with Crippen LogP contribution in [-0.4, -0.2) is 24.5 Å². The minimum Gasteiger partial charge on any atom is -0.292 e. The maximum Gasteiger partial charge on any atom is 0.123 e. The number of halogens is 1. The summed E-state index contributed by atoms with van der Waals surface area (Å²) in [4.78, 5) is 2.38. The number of hydrogen-bond donors (Lipinski definition) is 0. The van der Waals surface area contributed by atoms with Crippen LogP contribution in [-0.2, 0) is 0 Å². The van der Waals surface area contributed by atoms with E-state index in [1.807, 2.05) is 0 Å². The van der Waals surface area contributed by atoms with Gasteiger partial charge in [-0.1, -0.05) is 18.3 Å². The highest BCUT2D eigenvalue weighted by Gasteiger charge is 2.07. The quantitative estimate of drug-likeness (QED) is 0.654. The molecule has 0 atom stereocenters. The van der Waals surface area contributed by atoms with E-state index in [2.05, 4.69) is 16.7 Å². The number of likely N-dealkylation sites (tertiary alicyclic amines) is 1. The predicted octanol–water partition coefficient (Wildman–Crippen LogP) is 2.66. The lowest BCUT2D eigenvalue weighted by atomic mass is 10.1. The first-order chi connectivity index (χ1) is 7.84. The summed E-state index contributed by atoms with van der Waals surface area (Å²) in [5.41, 5.74) is 0.887. The van der Waals surface area contributed by atoms with Crippen molar-refractivity contribution < 1.29 is 4.39 Å². The van der Waals surface area contributed by atoms with Crippen LogP contribution in [0.25, 0.3) is 0 Å². The summed E-state index contributed by atoms with van der Waals surface area (Å²) in [5, 5.41) is 0. The van der Waals surface area contributed by atoms with Crippen LogP contribution < -0.4 is 0 Å². The Morgan fingerprint density at radius 2 is 1.75 bits per heavy atom. The van der Waals surface area contributed by atoms with E-state index < -0.39 is 0 Å². The van der Waals surface area contributed by atoms with Crippen molar-refractivity contribution in [3.05, 3.63) is 35.6 Å². The van der Waals surface area contributed by atoms with Crippen LogP contribution in [0.2, 0.25) is 0 Å². The van der Waals surface area contributed by atoms with Crippen LogP contribution in [0.4, 0.5) is 4.39 Å². The van der Waals surface area contributed by atoms with Gasteiger partial charge in [0.15, 0.2) is 0 Å². The minimum absolute atomic E-state index is 0.207. The molecule has 1 aliphatic heterocycles. The Hall–Kier alpha value is -1.33. The zero-order chi connectivity index (χ0) is 11.2. The van der Waals surface area contributed by atoms with Crippen molar-refractivity contribution in [2.24, 2.45) is 0 Å². The Morgan fingerprint density at radius 1 is 1.06 bits per heavy atom. The predicted molar refractivity (Wildman–Crippen MR) is 63.6 cm³/mol. The Bertz CT molecular complexity index is 379. The molecule has 0 bridgehead atoms. The molecular weight excluding hydrogens is 201 g/mol. The van der Waals surface area contributed by atoms with E-state index in [0.717, 1.165) is 25.2 Å². The summed E-state index contributed by atoms with van der Waals surface area (Å²) < 4.78 is 12.6. The van der Waals surface area contributed by atoms with Gasteiger partial charge < -0.3 is 0 Å². The molecule has 0 aliphatic carbocycles. The van der Waals surface area contributed by atoms with Crippen molar-refractivity contribution in [2.75, 3.05) is 19.6 Å². The zero-order valence-corrected chi connectivity index (χ0v) is 9.38. The average molecular weight is 217 g/mol. The van der Waals surface area contributed by atoms with Crippen LogP contribution >= 0.6 is 0 Å². The van der Waals surface area contributed by atoms with Gasteiger partial charge in [-0.2, -0.15) is 0 Å². The second-order valence-corrected chi connectivity index (χ2v) is 4.15. The molecule has 1 heterocycles. The molecule has 16 heavy (non-hydrogen) atoms. The molecule has 84 valence electrons. The zero-order valence-electron chi connectivity index (χ0n) is 9.38. The van der Waals surface area contributed by atoms with Crippen molar-refractivity contribution in [2.45, 2.75) is 19.3 Å². The molecule has 0 saturated carbocycles. The maximum atomic E-state index is 12.6. The van der Waals surface area contributed by atoms with Crippen LogP contribution in [0.15, 0.2) is 24.3 Å². The molecule has 1 fully saturated rings. The second kappa shape index (κ2) is 5.67. The first-order valence-electron chi connectivity index (χ1n) is 5.81. The number of piperidine rings is 1. The fraction of sp³-hybridized carbons (Fsp3) is 0.429. The van der Waals surface area contributed by atoms with Gasteiger partial charge in [0.2, 0.25) is 0 Å². The lowest BCUT2D eigenvalue weighted by molar-refractivity contribution is 0.255. The van der Waals surface area contributed by atoms with Gasteiger partial charge in [-0.05, 0) is 50.2 Å². The topological polar surface area (TPSA) is 3.24 Å². The van der Waals surface area contributed by atoms with E-state index in [9.17, 15) is 4.39 Å². The Balaban J connectivity index is 1.87. The molecule has 0 unspecified atom stereocenters. The highest BCUT2D eigenvalue weighted by molar-refractivity contribution is 5.34. The molecule has 1 nitrogen and oxygen atoms in total. The lowest BCUT2D eigenvalue weighted by Gasteiger charge is -2.23. The van der Waals surface area contributed by atoms with E-state index in [1.165, 1.54) is 31.4 Å². The molecule has 2 rings (SSSR count). The molecule has 1 saturated heterocycles. The van der Waals surface area contributed by atoms with Crippen molar-refractivity contribution in [1.29, 1.82) is 0 Å². The third kappa shape index (κ3) is 3.36. The fourth-order valence-electron chi connectivity index (χ4n) is 1.90. The molecule has 0 N–H and O–H groups in total. The molecule has 1 aliphatic rings. The van der Waals surface area contributed by atoms with Crippen LogP contribution in [0, 0.1) is 17.7 Å². The Labute approximate surface area is 96.3 Å². The van der Waals surface area contributed by atoms with Gasteiger partial charge >= 0.3 is 0 Å². The summed E-state index contributed by atoms with van der Waals surface area (Å²) in [6.07, 6.45) is 3.93. The van der Waals surface area contributed by atoms with Gasteiger partial charge in [0, 0.05) is 5.56 Å². The van der Waals surface area contributed by atoms with Crippen molar-refractivity contribution in [3.8, 4) is 11.8 Å². The van der Waals surface area contributed by atoms with Crippen LogP contribution in [0.3, 0.4) is 0 Å². The SMILES string of the molecule is Fc1ccc(C#CCN2CCCCC2)cc1. The molecular formula is C14H16FN. The van der Waals surface area contributed by atoms with Crippen LogP contribution in [0.5, 0.6) is 0 Å². The summed E-state index contributed by atoms with van der Waals surface area (Å²) in [6.45, 7) is 3.16. The van der Waals surface area contributed by atoms with Crippen molar-refractivity contribution in [1.82, 2.24) is 4.90 Å². The van der Waals surface area contributed by atoms with Crippen LogP contribution in [0.1, 0.15) is 24.8 Å². The highest BCUT2D eigenvalue weighted by Crippen LogP contribution is 2.07. The fourth-order valence-corrected chi connectivity index (χ4v) is 1.90. The van der Waals surface area contributed by atoms with Crippen molar-refractivity contribution >= 4 is 0 Å². The van der Waals surface area contributed by atoms with E-state index in [1.54, 1.807) is 12.1 Å². The smallest absolute Gasteiger partial charge is 0.123 e. The molecule has 2 heteroatoms. The van der Waals surface area contributed by atoms with Gasteiger partial charge in [0.1, 0.15) is 5.82 Å². The van der Waals surface area contributed by atoms with Gasteiger partial charge in [-0.25, -0.2) is 4.39 Å². The summed E-state index contributed by atoms with van der Waals surface area (Å²) in [7, 11) is 0. The normalized spacial score (nSPS) is 16.6. The van der Waals surface area contributed by atoms with E-state index >= 15 is 0 Å².